The fraction of sp³-hybridized carbons (Fsp3) is 0.700. The highest BCUT2D eigenvalue weighted by Crippen LogP contribution is 2.28. The molecule has 1 saturated carbocycles. The zero-order valence-electron chi connectivity index (χ0n) is 8.81. The highest BCUT2D eigenvalue weighted by Gasteiger charge is 2.42. The second-order valence-corrected chi connectivity index (χ2v) is 4.27. The van der Waals surface area contributed by atoms with Crippen LogP contribution in [0.4, 0.5) is 4.79 Å². The van der Waals surface area contributed by atoms with Crippen molar-refractivity contribution in [1.82, 2.24) is 10.2 Å². The number of fused-ring (bicyclic) bond motifs is 1. The van der Waals surface area contributed by atoms with Crippen molar-refractivity contribution in [3.8, 4) is 0 Å². The first-order chi connectivity index (χ1) is 7.59. The van der Waals surface area contributed by atoms with Crippen molar-refractivity contribution < 1.29 is 19.5 Å². The van der Waals surface area contributed by atoms with Gasteiger partial charge in [0, 0.05) is 6.04 Å². The Hall–Kier alpha value is -1.59. The molecule has 0 aromatic heterocycles. The lowest BCUT2D eigenvalue weighted by atomic mass is 9.82. The van der Waals surface area contributed by atoms with Gasteiger partial charge in [0.05, 0.1) is 5.92 Å². The van der Waals surface area contributed by atoms with E-state index in [1.807, 2.05) is 0 Å². The van der Waals surface area contributed by atoms with E-state index in [4.69, 9.17) is 5.11 Å². The number of urea groups is 1. The summed E-state index contributed by atoms with van der Waals surface area (Å²) in [4.78, 5) is 34.8. The van der Waals surface area contributed by atoms with Crippen LogP contribution in [0.3, 0.4) is 0 Å². The summed E-state index contributed by atoms with van der Waals surface area (Å²) in [6.45, 7) is -0.548. The molecule has 0 aromatic rings. The molecule has 0 bridgehead atoms. The molecule has 2 atom stereocenters. The average Bonchev–Trinajstić information content (AvgIpc) is 2.24. The number of amides is 3. The summed E-state index contributed by atoms with van der Waals surface area (Å²) in [6, 6.07) is -0.672. The number of carbonyl (C=O) groups is 3. The van der Waals surface area contributed by atoms with Gasteiger partial charge in [-0.15, -0.1) is 0 Å². The largest absolute Gasteiger partial charge is 0.480 e. The lowest BCUT2D eigenvalue weighted by Gasteiger charge is -2.39. The molecule has 1 saturated heterocycles. The molecular weight excluding hydrogens is 212 g/mol. The highest BCUT2D eigenvalue weighted by molar-refractivity contribution is 6.01. The van der Waals surface area contributed by atoms with Gasteiger partial charge in [-0.2, -0.15) is 0 Å². The normalized spacial score (nSPS) is 29.6. The van der Waals surface area contributed by atoms with Gasteiger partial charge in [0.15, 0.2) is 0 Å². The lowest BCUT2D eigenvalue weighted by molar-refractivity contribution is -0.146. The highest BCUT2D eigenvalue weighted by atomic mass is 16.4. The van der Waals surface area contributed by atoms with Crippen LogP contribution in [0.2, 0.25) is 0 Å². The molecule has 16 heavy (non-hydrogen) atoms. The Bertz CT molecular complexity index is 342. The van der Waals surface area contributed by atoms with Crippen LogP contribution < -0.4 is 5.32 Å². The minimum atomic E-state index is -1.17. The summed E-state index contributed by atoms with van der Waals surface area (Å²) in [5.41, 5.74) is 0. The van der Waals surface area contributed by atoms with Crippen molar-refractivity contribution in [3.63, 3.8) is 0 Å². The molecule has 0 radical (unpaired) electrons. The molecule has 2 fully saturated rings. The maximum Gasteiger partial charge on any atom is 0.324 e. The van der Waals surface area contributed by atoms with E-state index in [0.29, 0.717) is 0 Å². The third-order valence-corrected chi connectivity index (χ3v) is 3.20. The van der Waals surface area contributed by atoms with Crippen molar-refractivity contribution in [1.29, 1.82) is 0 Å². The Labute approximate surface area is 92.6 Å². The van der Waals surface area contributed by atoms with Crippen LogP contribution in [-0.4, -0.2) is 40.5 Å². The number of aliphatic carboxylic acids is 1. The van der Waals surface area contributed by atoms with Crippen molar-refractivity contribution in [2.24, 2.45) is 5.92 Å². The fourth-order valence-corrected chi connectivity index (χ4v) is 2.42. The fourth-order valence-electron chi connectivity index (χ4n) is 2.42. The van der Waals surface area contributed by atoms with Crippen LogP contribution in [0.15, 0.2) is 0 Å². The standard InChI is InChI=1S/C10H14N2O4/c13-8(14)5-12-9(15)6-3-1-2-4-7(6)11-10(12)16/h6-7H,1-5H2,(H,11,16)(H,13,14). The van der Waals surface area contributed by atoms with E-state index in [9.17, 15) is 14.4 Å². The maximum atomic E-state index is 11.9. The summed E-state index contributed by atoms with van der Waals surface area (Å²) in [5.74, 6) is -1.74. The van der Waals surface area contributed by atoms with Gasteiger partial charge >= 0.3 is 12.0 Å². The zero-order valence-corrected chi connectivity index (χ0v) is 8.81. The van der Waals surface area contributed by atoms with Gasteiger partial charge in [-0.1, -0.05) is 12.8 Å². The van der Waals surface area contributed by atoms with E-state index in [2.05, 4.69) is 5.32 Å². The van der Waals surface area contributed by atoms with E-state index < -0.39 is 18.5 Å². The van der Waals surface area contributed by atoms with E-state index in [0.717, 1.165) is 30.6 Å². The third kappa shape index (κ3) is 1.87. The molecule has 2 unspecified atom stereocenters. The molecular formula is C10H14N2O4. The van der Waals surface area contributed by atoms with Gasteiger partial charge in [0.25, 0.3) is 0 Å². The number of imide groups is 1. The Kier molecular flexibility index (Phi) is 2.80. The second-order valence-electron chi connectivity index (χ2n) is 4.27. The second kappa shape index (κ2) is 4.11. The Morgan fingerprint density at radius 2 is 2.06 bits per heavy atom. The number of nitrogens with zero attached hydrogens (tertiary/aromatic N) is 1. The van der Waals surface area contributed by atoms with Gasteiger partial charge in [0.1, 0.15) is 6.54 Å². The average molecular weight is 226 g/mol. The molecule has 1 heterocycles. The summed E-state index contributed by atoms with van der Waals surface area (Å²) < 4.78 is 0. The van der Waals surface area contributed by atoms with Crippen LogP contribution in [0.25, 0.3) is 0 Å². The van der Waals surface area contributed by atoms with E-state index >= 15 is 0 Å². The molecule has 2 aliphatic rings. The van der Waals surface area contributed by atoms with Crippen molar-refractivity contribution in [2.75, 3.05) is 6.54 Å². The van der Waals surface area contributed by atoms with Crippen molar-refractivity contribution in [2.45, 2.75) is 31.7 Å². The number of carboxylic acids is 1. The van der Waals surface area contributed by atoms with Gasteiger partial charge in [0.2, 0.25) is 5.91 Å². The molecule has 3 amide bonds. The molecule has 0 aromatic carbocycles. The molecule has 1 aliphatic carbocycles. The first-order valence-corrected chi connectivity index (χ1v) is 5.43. The lowest BCUT2D eigenvalue weighted by Crippen LogP contribution is -2.61. The number of hydrogen-bond donors (Lipinski definition) is 2. The van der Waals surface area contributed by atoms with Crippen LogP contribution >= 0.6 is 0 Å². The summed E-state index contributed by atoms with van der Waals surface area (Å²) >= 11 is 0. The minimum Gasteiger partial charge on any atom is -0.480 e. The first-order valence-electron chi connectivity index (χ1n) is 5.43. The Morgan fingerprint density at radius 1 is 1.38 bits per heavy atom. The Balaban J connectivity index is 2.13. The number of rotatable bonds is 2. The zero-order chi connectivity index (χ0) is 11.7. The monoisotopic (exact) mass is 226 g/mol. The van der Waals surface area contributed by atoms with Gasteiger partial charge in [-0.3, -0.25) is 14.5 Å². The molecule has 6 heteroatoms. The Morgan fingerprint density at radius 3 is 2.75 bits per heavy atom. The predicted octanol–water partition coefficient (Wildman–Crippen LogP) is 0.182. The number of hydrogen-bond acceptors (Lipinski definition) is 3. The van der Waals surface area contributed by atoms with Crippen LogP contribution in [-0.2, 0) is 9.59 Å². The number of carbonyl (C=O) groups excluding carboxylic acids is 2. The SMILES string of the molecule is O=C(O)CN1C(=O)NC2CCCCC2C1=O. The number of carboxylic acid groups (broad SMARTS) is 1. The van der Waals surface area contributed by atoms with Crippen LogP contribution in [0, 0.1) is 5.92 Å². The predicted molar refractivity (Wildman–Crippen MR) is 53.6 cm³/mol. The van der Waals surface area contributed by atoms with Crippen molar-refractivity contribution in [3.05, 3.63) is 0 Å². The minimum absolute atomic E-state index is 0.0983. The third-order valence-electron chi connectivity index (χ3n) is 3.20. The van der Waals surface area contributed by atoms with Gasteiger partial charge in [-0.25, -0.2) is 4.79 Å². The number of nitrogens with one attached hydrogen (secondary N) is 1. The van der Waals surface area contributed by atoms with Crippen molar-refractivity contribution >= 4 is 17.9 Å². The summed E-state index contributed by atoms with van der Waals surface area (Å²) in [5, 5.41) is 11.3. The molecule has 2 N–H and O–H groups in total. The molecule has 1 aliphatic heterocycles. The molecule has 0 spiro atoms. The quantitative estimate of drug-likeness (QED) is 0.703. The van der Waals surface area contributed by atoms with E-state index in [1.165, 1.54) is 0 Å². The summed E-state index contributed by atoms with van der Waals surface area (Å²) in [7, 11) is 0. The smallest absolute Gasteiger partial charge is 0.324 e. The van der Waals surface area contributed by atoms with Gasteiger partial charge in [-0.05, 0) is 12.8 Å². The van der Waals surface area contributed by atoms with Gasteiger partial charge < -0.3 is 10.4 Å². The topological polar surface area (TPSA) is 86.7 Å². The summed E-state index contributed by atoms with van der Waals surface area (Å²) in [6.07, 6.45) is 3.51. The van der Waals surface area contributed by atoms with E-state index in [1.54, 1.807) is 0 Å². The molecule has 88 valence electrons. The molecule has 2 rings (SSSR count). The first kappa shape index (κ1) is 10.9. The van der Waals surface area contributed by atoms with Crippen LogP contribution in [0.5, 0.6) is 0 Å². The maximum absolute atomic E-state index is 11.9. The molecule has 6 nitrogen and oxygen atoms in total. The van der Waals surface area contributed by atoms with Crippen LogP contribution in [0.1, 0.15) is 25.7 Å². The van der Waals surface area contributed by atoms with E-state index in [-0.39, 0.29) is 17.9 Å².